The Morgan fingerprint density at radius 3 is 2.53 bits per heavy atom. The van der Waals surface area contributed by atoms with E-state index in [1.807, 2.05) is 19.2 Å². The highest BCUT2D eigenvalue weighted by molar-refractivity contribution is 7.07. The van der Waals surface area contributed by atoms with Gasteiger partial charge in [-0.3, -0.25) is 0 Å². The summed E-state index contributed by atoms with van der Waals surface area (Å²) in [7, 11) is 0. The van der Waals surface area contributed by atoms with Gasteiger partial charge in [-0.25, -0.2) is 4.79 Å². The molecule has 0 saturated heterocycles. The van der Waals surface area contributed by atoms with Gasteiger partial charge < -0.3 is 9.84 Å². The predicted molar refractivity (Wildman–Crippen MR) is 76.4 cm³/mol. The second kappa shape index (κ2) is 5.89. The number of carboxylic acids is 1. The van der Waals surface area contributed by atoms with Gasteiger partial charge in [-0.15, -0.1) is 0 Å². The van der Waals surface area contributed by atoms with E-state index < -0.39 is 5.97 Å². The van der Waals surface area contributed by atoms with Gasteiger partial charge in [-0.2, -0.15) is 11.3 Å². The van der Waals surface area contributed by atoms with Gasteiger partial charge in [0.2, 0.25) is 0 Å². The molecule has 0 saturated carbocycles. The van der Waals surface area contributed by atoms with Crippen LogP contribution in [0.15, 0.2) is 29.0 Å². The molecule has 1 aromatic carbocycles. The molecule has 0 unspecified atom stereocenters. The van der Waals surface area contributed by atoms with Gasteiger partial charge in [0.05, 0.1) is 12.2 Å². The lowest BCUT2D eigenvalue weighted by Gasteiger charge is -2.12. The second-order valence-electron chi connectivity index (χ2n) is 4.47. The van der Waals surface area contributed by atoms with E-state index in [9.17, 15) is 4.79 Å². The minimum absolute atomic E-state index is 0.306. The highest BCUT2D eigenvalue weighted by atomic mass is 32.1. The zero-order chi connectivity index (χ0) is 13.8. The third-order valence-corrected chi connectivity index (χ3v) is 3.66. The highest BCUT2D eigenvalue weighted by Crippen LogP contribution is 2.25. The number of thiophene rings is 1. The molecule has 0 amide bonds. The Balaban J connectivity index is 2.06. The van der Waals surface area contributed by atoms with Crippen LogP contribution in [0.3, 0.4) is 0 Å². The maximum absolute atomic E-state index is 10.9. The van der Waals surface area contributed by atoms with Crippen LogP contribution in [0.2, 0.25) is 0 Å². The number of carbonyl (C=O) groups is 1. The van der Waals surface area contributed by atoms with Crippen LogP contribution < -0.4 is 4.74 Å². The van der Waals surface area contributed by atoms with Crippen molar-refractivity contribution in [1.82, 2.24) is 0 Å². The van der Waals surface area contributed by atoms with E-state index in [-0.39, 0.29) is 0 Å². The average molecular weight is 276 g/mol. The topological polar surface area (TPSA) is 46.5 Å². The Kier molecular flexibility index (Phi) is 4.22. The Labute approximate surface area is 116 Å². The number of rotatable bonds is 5. The Hall–Kier alpha value is -1.81. The number of aryl methyl sites for hydroxylation is 2. The van der Waals surface area contributed by atoms with Crippen molar-refractivity contribution in [3.05, 3.63) is 51.2 Å². The standard InChI is InChI=1S/C15H16O3S/c1-10-7-13(15(16)17)8-11(2)14(10)18-5-3-12-4-6-19-9-12/h4,6-9H,3,5H2,1-2H3,(H,16,17). The zero-order valence-electron chi connectivity index (χ0n) is 11.0. The van der Waals surface area contributed by atoms with Gasteiger partial charge in [0.25, 0.3) is 0 Å². The Morgan fingerprint density at radius 1 is 1.32 bits per heavy atom. The molecule has 3 nitrogen and oxygen atoms in total. The number of benzene rings is 1. The lowest BCUT2D eigenvalue weighted by molar-refractivity contribution is 0.0696. The summed E-state index contributed by atoms with van der Waals surface area (Å²) in [6.07, 6.45) is 0.864. The van der Waals surface area contributed by atoms with Gasteiger partial charge in [-0.1, -0.05) is 0 Å². The first-order chi connectivity index (χ1) is 9.08. The van der Waals surface area contributed by atoms with E-state index in [0.29, 0.717) is 12.2 Å². The fourth-order valence-corrected chi connectivity index (χ4v) is 2.71. The molecule has 0 aliphatic heterocycles. The average Bonchev–Trinajstić information content (AvgIpc) is 2.85. The molecule has 100 valence electrons. The fraction of sp³-hybridized carbons (Fsp3) is 0.267. The maximum Gasteiger partial charge on any atom is 0.335 e. The molecule has 0 radical (unpaired) electrons. The van der Waals surface area contributed by atoms with Crippen LogP contribution in [-0.2, 0) is 6.42 Å². The lowest BCUT2D eigenvalue weighted by atomic mass is 10.1. The highest BCUT2D eigenvalue weighted by Gasteiger charge is 2.10. The van der Waals surface area contributed by atoms with Gasteiger partial charge in [0, 0.05) is 6.42 Å². The van der Waals surface area contributed by atoms with Crippen LogP contribution in [0.4, 0.5) is 0 Å². The zero-order valence-corrected chi connectivity index (χ0v) is 11.8. The van der Waals surface area contributed by atoms with E-state index in [2.05, 4.69) is 11.4 Å². The molecular weight excluding hydrogens is 260 g/mol. The number of hydrogen-bond donors (Lipinski definition) is 1. The monoisotopic (exact) mass is 276 g/mol. The SMILES string of the molecule is Cc1cc(C(=O)O)cc(C)c1OCCc1ccsc1. The molecule has 0 fully saturated rings. The summed E-state index contributed by atoms with van der Waals surface area (Å²) in [5.41, 5.74) is 3.30. The number of carboxylic acid groups (broad SMARTS) is 1. The first kappa shape index (κ1) is 13.6. The van der Waals surface area contributed by atoms with Crippen LogP contribution in [0.1, 0.15) is 27.0 Å². The van der Waals surface area contributed by atoms with Crippen molar-refractivity contribution in [3.63, 3.8) is 0 Å². The van der Waals surface area contributed by atoms with Crippen molar-refractivity contribution in [3.8, 4) is 5.75 Å². The lowest BCUT2D eigenvalue weighted by Crippen LogP contribution is -2.05. The van der Waals surface area contributed by atoms with Crippen LogP contribution in [0.5, 0.6) is 5.75 Å². The van der Waals surface area contributed by atoms with Crippen LogP contribution in [-0.4, -0.2) is 17.7 Å². The van der Waals surface area contributed by atoms with E-state index >= 15 is 0 Å². The van der Waals surface area contributed by atoms with Crippen LogP contribution >= 0.6 is 11.3 Å². The molecule has 2 aromatic rings. The summed E-state index contributed by atoms with van der Waals surface area (Å²) in [4.78, 5) is 10.9. The van der Waals surface area contributed by atoms with E-state index in [0.717, 1.165) is 23.3 Å². The van der Waals surface area contributed by atoms with E-state index in [1.54, 1.807) is 23.5 Å². The minimum atomic E-state index is -0.906. The third kappa shape index (κ3) is 3.35. The van der Waals surface area contributed by atoms with Gasteiger partial charge in [0.1, 0.15) is 5.75 Å². The summed E-state index contributed by atoms with van der Waals surface area (Å²) >= 11 is 1.68. The molecule has 0 bridgehead atoms. The molecule has 1 heterocycles. The molecular formula is C15H16O3S. The molecule has 0 atom stereocenters. The number of hydrogen-bond acceptors (Lipinski definition) is 3. The number of aromatic carboxylic acids is 1. The molecule has 1 N–H and O–H groups in total. The Bertz CT molecular complexity index is 550. The van der Waals surface area contributed by atoms with Crippen molar-refractivity contribution >= 4 is 17.3 Å². The molecule has 1 aromatic heterocycles. The van der Waals surface area contributed by atoms with E-state index in [4.69, 9.17) is 9.84 Å². The van der Waals surface area contributed by atoms with E-state index in [1.165, 1.54) is 5.56 Å². The quantitative estimate of drug-likeness (QED) is 0.906. The number of ether oxygens (including phenoxy) is 1. The molecule has 0 aliphatic carbocycles. The summed E-state index contributed by atoms with van der Waals surface area (Å²) in [5.74, 6) is -0.115. The summed E-state index contributed by atoms with van der Waals surface area (Å²) < 4.78 is 5.79. The van der Waals surface area contributed by atoms with Crippen molar-refractivity contribution in [2.24, 2.45) is 0 Å². The van der Waals surface area contributed by atoms with Gasteiger partial charge in [-0.05, 0) is 59.5 Å². The van der Waals surface area contributed by atoms with Crippen molar-refractivity contribution in [1.29, 1.82) is 0 Å². The first-order valence-corrected chi connectivity index (χ1v) is 7.00. The smallest absolute Gasteiger partial charge is 0.335 e. The normalized spacial score (nSPS) is 10.4. The summed E-state index contributed by atoms with van der Waals surface area (Å²) in [6, 6.07) is 5.38. The summed E-state index contributed by atoms with van der Waals surface area (Å²) in [6.45, 7) is 4.35. The van der Waals surface area contributed by atoms with Crippen molar-refractivity contribution in [2.75, 3.05) is 6.61 Å². The molecule has 19 heavy (non-hydrogen) atoms. The molecule has 2 rings (SSSR count). The Morgan fingerprint density at radius 2 is 2.00 bits per heavy atom. The third-order valence-electron chi connectivity index (χ3n) is 2.92. The second-order valence-corrected chi connectivity index (χ2v) is 5.25. The predicted octanol–water partition coefficient (Wildman–Crippen LogP) is 3.68. The molecule has 0 spiro atoms. The fourth-order valence-electron chi connectivity index (χ4n) is 2.01. The van der Waals surface area contributed by atoms with Crippen molar-refractivity contribution in [2.45, 2.75) is 20.3 Å². The van der Waals surface area contributed by atoms with Crippen LogP contribution in [0, 0.1) is 13.8 Å². The minimum Gasteiger partial charge on any atom is -0.493 e. The van der Waals surface area contributed by atoms with Crippen molar-refractivity contribution < 1.29 is 14.6 Å². The molecule has 0 aliphatic rings. The maximum atomic E-state index is 10.9. The molecule has 4 heteroatoms. The van der Waals surface area contributed by atoms with Gasteiger partial charge >= 0.3 is 5.97 Å². The first-order valence-electron chi connectivity index (χ1n) is 6.06. The van der Waals surface area contributed by atoms with Gasteiger partial charge in [0.15, 0.2) is 0 Å². The van der Waals surface area contributed by atoms with Crippen LogP contribution in [0.25, 0.3) is 0 Å². The summed E-state index contributed by atoms with van der Waals surface area (Å²) in [5, 5.41) is 13.1. The largest absolute Gasteiger partial charge is 0.493 e.